The summed E-state index contributed by atoms with van der Waals surface area (Å²) in [5.41, 5.74) is 9.43. The average Bonchev–Trinajstić information content (AvgIpc) is 3.01. The zero-order valence-electron chi connectivity index (χ0n) is 14.0. The highest BCUT2D eigenvalue weighted by Crippen LogP contribution is 2.40. The summed E-state index contributed by atoms with van der Waals surface area (Å²) in [5.74, 6) is 0.944. The first kappa shape index (κ1) is 16.0. The van der Waals surface area contributed by atoms with E-state index in [1.807, 2.05) is 28.9 Å². The molecule has 0 radical (unpaired) electrons. The lowest BCUT2D eigenvalue weighted by molar-refractivity contribution is 0.431. The van der Waals surface area contributed by atoms with Crippen LogP contribution in [0.2, 0.25) is 5.02 Å². The van der Waals surface area contributed by atoms with Gasteiger partial charge in [-0.2, -0.15) is 4.98 Å². The van der Waals surface area contributed by atoms with Crippen LogP contribution in [0.1, 0.15) is 42.1 Å². The van der Waals surface area contributed by atoms with E-state index in [0.717, 1.165) is 23.4 Å². The smallest absolute Gasteiger partial charge is 0.241 e. The van der Waals surface area contributed by atoms with Crippen LogP contribution in [0.25, 0.3) is 0 Å². The summed E-state index contributed by atoms with van der Waals surface area (Å²) in [4.78, 5) is 4.34. The number of anilines is 2. The standard InChI is InChI=1S/C19H20ClN5/c1-2-12-7-9-13(10-8-12)16-11-17(14-5-3-4-6-15(14)20)25-19(22-16)23-18(21)24-25/h3-10,16-17H,2,11H2,1H3,(H3,21,22,23,24)/t16-,17+/m0/s1. The lowest BCUT2D eigenvalue weighted by Gasteiger charge is -2.32. The van der Waals surface area contributed by atoms with Crippen molar-refractivity contribution in [3.63, 3.8) is 0 Å². The molecule has 1 aromatic heterocycles. The second kappa shape index (κ2) is 6.41. The Balaban J connectivity index is 1.74. The monoisotopic (exact) mass is 353 g/mol. The Morgan fingerprint density at radius 2 is 1.96 bits per heavy atom. The summed E-state index contributed by atoms with van der Waals surface area (Å²) in [6.07, 6.45) is 1.86. The normalized spacial score (nSPS) is 19.3. The van der Waals surface area contributed by atoms with Crippen LogP contribution in [0.3, 0.4) is 0 Å². The number of aryl methyl sites for hydroxylation is 1. The van der Waals surface area contributed by atoms with Crippen LogP contribution < -0.4 is 11.1 Å². The summed E-state index contributed by atoms with van der Waals surface area (Å²) in [6, 6.07) is 16.7. The van der Waals surface area contributed by atoms with Gasteiger partial charge >= 0.3 is 0 Å². The van der Waals surface area contributed by atoms with E-state index in [0.29, 0.717) is 5.95 Å². The zero-order valence-corrected chi connectivity index (χ0v) is 14.7. The fourth-order valence-electron chi connectivity index (χ4n) is 3.40. The lowest BCUT2D eigenvalue weighted by Crippen LogP contribution is -2.28. The van der Waals surface area contributed by atoms with Crippen molar-refractivity contribution in [3.05, 3.63) is 70.2 Å². The highest BCUT2D eigenvalue weighted by molar-refractivity contribution is 6.31. The third kappa shape index (κ3) is 2.96. The van der Waals surface area contributed by atoms with E-state index in [1.54, 1.807) is 0 Å². The van der Waals surface area contributed by atoms with E-state index in [9.17, 15) is 0 Å². The molecule has 0 unspecified atom stereocenters. The van der Waals surface area contributed by atoms with Crippen LogP contribution in [0.15, 0.2) is 48.5 Å². The molecule has 1 aliphatic heterocycles. The van der Waals surface area contributed by atoms with Gasteiger partial charge in [-0.1, -0.05) is 61.0 Å². The van der Waals surface area contributed by atoms with Gasteiger partial charge in [-0.15, -0.1) is 5.10 Å². The molecule has 128 valence electrons. The first-order chi connectivity index (χ1) is 12.2. The Hall–Kier alpha value is -2.53. The molecular weight excluding hydrogens is 334 g/mol. The van der Waals surface area contributed by atoms with Gasteiger partial charge in [-0.3, -0.25) is 0 Å². The summed E-state index contributed by atoms with van der Waals surface area (Å²) in [5, 5.41) is 8.56. The molecule has 5 nitrogen and oxygen atoms in total. The maximum Gasteiger partial charge on any atom is 0.241 e. The van der Waals surface area contributed by atoms with E-state index in [-0.39, 0.29) is 18.0 Å². The highest BCUT2D eigenvalue weighted by atomic mass is 35.5. The summed E-state index contributed by atoms with van der Waals surface area (Å²) < 4.78 is 1.84. The predicted octanol–water partition coefficient (Wildman–Crippen LogP) is 4.22. The number of benzene rings is 2. The van der Waals surface area contributed by atoms with Gasteiger partial charge in [0.2, 0.25) is 11.9 Å². The highest BCUT2D eigenvalue weighted by Gasteiger charge is 2.31. The molecule has 0 saturated heterocycles. The molecule has 0 amide bonds. The van der Waals surface area contributed by atoms with Crippen LogP contribution in [0, 0.1) is 0 Å². The maximum absolute atomic E-state index is 6.45. The molecule has 1 aliphatic rings. The SMILES string of the molecule is CCc1ccc([C@@H]2C[C@H](c3ccccc3Cl)n3nc(N)nc3N2)cc1. The van der Waals surface area contributed by atoms with Crippen molar-refractivity contribution in [3.8, 4) is 0 Å². The van der Waals surface area contributed by atoms with E-state index >= 15 is 0 Å². The molecule has 0 fully saturated rings. The number of hydrogen-bond donors (Lipinski definition) is 2. The molecule has 0 spiro atoms. The van der Waals surface area contributed by atoms with Gasteiger partial charge in [0.1, 0.15) is 0 Å². The Morgan fingerprint density at radius 1 is 1.20 bits per heavy atom. The first-order valence-electron chi connectivity index (χ1n) is 8.47. The molecule has 2 heterocycles. The van der Waals surface area contributed by atoms with Gasteiger partial charge in [-0.25, -0.2) is 4.68 Å². The van der Waals surface area contributed by atoms with Gasteiger partial charge in [0.25, 0.3) is 0 Å². The molecule has 3 aromatic rings. The predicted molar refractivity (Wildman–Crippen MR) is 101 cm³/mol. The number of aromatic nitrogens is 3. The fourth-order valence-corrected chi connectivity index (χ4v) is 3.66. The Labute approximate surface area is 151 Å². The number of nitrogens with one attached hydrogen (secondary N) is 1. The Morgan fingerprint density at radius 3 is 2.68 bits per heavy atom. The van der Waals surface area contributed by atoms with Gasteiger partial charge in [0, 0.05) is 5.02 Å². The van der Waals surface area contributed by atoms with Crippen molar-refractivity contribution in [2.24, 2.45) is 0 Å². The molecule has 25 heavy (non-hydrogen) atoms. The number of nitrogens with two attached hydrogens (primary N) is 1. The summed E-state index contributed by atoms with van der Waals surface area (Å²) in [7, 11) is 0. The third-order valence-corrected chi connectivity index (χ3v) is 5.10. The summed E-state index contributed by atoms with van der Waals surface area (Å²) >= 11 is 6.45. The molecule has 3 N–H and O–H groups in total. The molecule has 4 rings (SSSR count). The minimum absolute atomic E-state index is 0.00870. The fraction of sp³-hybridized carbons (Fsp3) is 0.263. The van der Waals surface area contributed by atoms with Gasteiger partial charge in [0.05, 0.1) is 12.1 Å². The average molecular weight is 354 g/mol. The Bertz CT molecular complexity index is 887. The number of nitrogen functional groups attached to an aromatic ring is 1. The molecule has 0 aliphatic carbocycles. The van der Waals surface area contributed by atoms with E-state index in [2.05, 4.69) is 46.6 Å². The van der Waals surface area contributed by atoms with E-state index in [4.69, 9.17) is 17.3 Å². The molecule has 0 bridgehead atoms. The van der Waals surface area contributed by atoms with Crippen molar-refractivity contribution in [1.29, 1.82) is 0 Å². The molecule has 6 heteroatoms. The molecule has 2 aromatic carbocycles. The van der Waals surface area contributed by atoms with Crippen molar-refractivity contribution in [2.75, 3.05) is 11.1 Å². The van der Waals surface area contributed by atoms with Crippen LogP contribution >= 0.6 is 11.6 Å². The lowest BCUT2D eigenvalue weighted by atomic mass is 9.93. The molecule has 2 atom stereocenters. The summed E-state index contributed by atoms with van der Waals surface area (Å²) in [6.45, 7) is 2.16. The van der Waals surface area contributed by atoms with Crippen molar-refractivity contribution in [2.45, 2.75) is 31.8 Å². The number of halogens is 1. The van der Waals surface area contributed by atoms with Crippen molar-refractivity contribution in [1.82, 2.24) is 14.8 Å². The molecule has 0 saturated carbocycles. The largest absolute Gasteiger partial charge is 0.366 e. The van der Waals surface area contributed by atoms with E-state index < -0.39 is 0 Å². The third-order valence-electron chi connectivity index (χ3n) is 4.76. The van der Waals surface area contributed by atoms with Crippen LogP contribution in [0.4, 0.5) is 11.9 Å². The van der Waals surface area contributed by atoms with Crippen LogP contribution in [-0.4, -0.2) is 14.8 Å². The zero-order chi connectivity index (χ0) is 17.4. The van der Waals surface area contributed by atoms with Gasteiger partial charge in [0.15, 0.2) is 0 Å². The second-order valence-corrected chi connectivity index (χ2v) is 6.71. The molecular formula is C19H20ClN5. The van der Waals surface area contributed by atoms with E-state index in [1.165, 1.54) is 11.1 Å². The van der Waals surface area contributed by atoms with Crippen LogP contribution in [0.5, 0.6) is 0 Å². The number of fused-ring (bicyclic) bond motifs is 1. The Kier molecular flexibility index (Phi) is 4.09. The minimum Gasteiger partial charge on any atom is -0.366 e. The minimum atomic E-state index is -0.00870. The number of hydrogen-bond acceptors (Lipinski definition) is 4. The number of rotatable bonds is 3. The first-order valence-corrected chi connectivity index (χ1v) is 8.85. The van der Waals surface area contributed by atoms with Crippen LogP contribution in [-0.2, 0) is 6.42 Å². The van der Waals surface area contributed by atoms with Gasteiger partial charge < -0.3 is 11.1 Å². The van der Waals surface area contributed by atoms with Crippen molar-refractivity contribution >= 4 is 23.5 Å². The topological polar surface area (TPSA) is 68.8 Å². The second-order valence-electron chi connectivity index (χ2n) is 6.30. The maximum atomic E-state index is 6.45. The van der Waals surface area contributed by atoms with Gasteiger partial charge in [-0.05, 0) is 35.6 Å². The number of nitrogens with zero attached hydrogens (tertiary/aromatic N) is 3. The quantitative estimate of drug-likeness (QED) is 0.739. The van der Waals surface area contributed by atoms with Crippen molar-refractivity contribution < 1.29 is 0 Å².